The van der Waals surface area contributed by atoms with Crippen molar-refractivity contribution in [3.8, 4) is 0 Å². The van der Waals surface area contributed by atoms with Gasteiger partial charge in [-0.15, -0.1) is 0 Å². The van der Waals surface area contributed by atoms with Crippen LogP contribution in [0.4, 0.5) is 0 Å². The molecule has 0 bridgehead atoms. The van der Waals surface area contributed by atoms with Crippen LogP contribution in [0.3, 0.4) is 0 Å². The molecule has 0 radical (unpaired) electrons. The van der Waals surface area contributed by atoms with Crippen LogP contribution in [-0.2, 0) is 0 Å². The van der Waals surface area contributed by atoms with Crippen molar-refractivity contribution in [3.05, 3.63) is 67.6 Å². The van der Waals surface area contributed by atoms with Crippen LogP contribution >= 0.6 is 46.4 Å². The normalized spacial score (nSPS) is 12.5. The highest BCUT2D eigenvalue weighted by Gasteiger charge is 2.16. The molecule has 100 valence electrons. The standard InChI is InChI=1S/C14H11Cl4N/c1-19-14(8-2-5-11(16)13(18)6-8)10-4-3-9(15)7-12(10)17/h2-7,14,19H,1H3. The Bertz CT molecular complexity index is 598. The molecule has 2 rings (SSSR count). The molecule has 0 heterocycles. The first-order valence-electron chi connectivity index (χ1n) is 5.60. The predicted octanol–water partition coefficient (Wildman–Crippen LogP) is 5.61. The molecule has 1 unspecified atom stereocenters. The number of hydrogen-bond donors (Lipinski definition) is 1. The van der Waals surface area contributed by atoms with Crippen LogP contribution in [0.1, 0.15) is 17.2 Å². The van der Waals surface area contributed by atoms with E-state index >= 15 is 0 Å². The summed E-state index contributed by atoms with van der Waals surface area (Å²) in [5.41, 5.74) is 1.92. The molecule has 0 spiro atoms. The Morgan fingerprint density at radius 3 is 2.16 bits per heavy atom. The van der Waals surface area contributed by atoms with Gasteiger partial charge in [0.05, 0.1) is 16.1 Å². The Balaban J connectivity index is 2.46. The molecule has 0 saturated heterocycles. The van der Waals surface area contributed by atoms with E-state index in [0.717, 1.165) is 11.1 Å². The smallest absolute Gasteiger partial charge is 0.0595 e. The Hall–Kier alpha value is -0.440. The molecule has 2 aromatic rings. The summed E-state index contributed by atoms with van der Waals surface area (Å²) in [6, 6.07) is 10.9. The van der Waals surface area contributed by atoms with Crippen LogP contribution in [0.2, 0.25) is 20.1 Å². The number of halogens is 4. The van der Waals surface area contributed by atoms with E-state index in [1.54, 1.807) is 12.1 Å². The summed E-state index contributed by atoms with van der Waals surface area (Å²) in [7, 11) is 1.86. The largest absolute Gasteiger partial charge is 0.309 e. The van der Waals surface area contributed by atoms with Crippen molar-refractivity contribution in [1.29, 1.82) is 0 Å². The van der Waals surface area contributed by atoms with Crippen LogP contribution < -0.4 is 5.32 Å². The average molecular weight is 335 g/mol. The second-order valence-electron chi connectivity index (χ2n) is 4.06. The molecule has 0 fully saturated rings. The maximum absolute atomic E-state index is 6.24. The molecule has 2 aromatic carbocycles. The van der Waals surface area contributed by atoms with E-state index in [1.165, 1.54) is 0 Å². The molecule has 0 aliphatic carbocycles. The molecule has 1 nitrogen and oxygen atoms in total. The van der Waals surface area contributed by atoms with Gasteiger partial charge >= 0.3 is 0 Å². The van der Waals surface area contributed by atoms with Gasteiger partial charge in [-0.2, -0.15) is 0 Å². The van der Waals surface area contributed by atoms with Gasteiger partial charge < -0.3 is 5.32 Å². The molecule has 0 aromatic heterocycles. The summed E-state index contributed by atoms with van der Waals surface area (Å²) >= 11 is 24.1. The van der Waals surface area contributed by atoms with E-state index in [2.05, 4.69) is 5.32 Å². The summed E-state index contributed by atoms with van der Waals surface area (Å²) < 4.78 is 0. The molecule has 0 amide bonds. The highest BCUT2D eigenvalue weighted by Crippen LogP contribution is 2.33. The van der Waals surface area contributed by atoms with Crippen molar-refractivity contribution in [2.24, 2.45) is 0 Å². The van der Waals surface area contributed by atoms with E-state index in [1.807, 2.05) is 31.3 Å². The van der Waals surface area contributed by atoms with E-state index in [9.17, 15) is 0 Å². The first-order valence-corrected chi connectivity index (χ1v) is 7.11. The lowest BCUT2D eigenvalue weighted by atomic mass is 9.99. The minimum absolute atomic E-state index is 0.0699. The Kier molecular flexibility index (Phi) is 4.99. The van der Waals surface area contributed by atoms with Gasteiger partial charge in [-0.1, -0.05) is 58.5 Å². The fourth-order valence-electron chi connectivity index (χ4n) is 1.93. The molecule has 5 heteroatoms. The van der Waals surface area contributed by atoms with Gasteiger partial charge in [-0.25, -0.2) is 0 Å². The second-order valence-corrected chi connectivity index (χ2v) is 5.72. The highest BCUT2D eigenvalue weighted by molar-refractivity contribution is 6.42. The van der Waals surface area contributed by atoms with E-state index < -0.39 is 0 Å². The Morgan fingerprint density at radius 2 is 1.58 bits per heavy atom. The molecular weight excluding hydrogens is 324 g/mol. The zero-order valence-corrected chi connectivity index (χ0v) is 13.1. The fourth-order valence-corrected chi connectivity index (χ4v) is 2.75. The van der Waals surface area contributed by atoms with Crippen LogP contribution in [-0.4, -0.2) is 7.05 Å². The first kappa shape index (κ1) is 15.0. The highest BCUT2D eigenvalue weighted by atomic mass is 35.5. The van der Waals surface area contributed by atoms with E-state index in [-0.39, 0.29) is 6.04 Å². The van der Waals surface area contributed by atoms with Gasteiger partial charge in [-0.3, -0.25) is 0 Å². The minimum Gasteiger partial charge on any atom is -0.309 e. The summed E-state index contributed by atoms with van der Waals surface area (Å²) in [4.78, 5) is 0. The van der Waals surface area contributed by atoms with Gasteiger partial charge in [0, 0.05) is 10.0 Å². The number of benzene rings is 2. The number of nitrogens with one attached hydrogen (secondary N) is 1. The second kappa shape index (κ2) is 6.34. The third-order valence-corrected chi connectivity index (χ3v) is 4.14. The van der Waals surface area contributed by atoms with Crippen molar-refractivity contribution in [2.45, 2.75) is 6.04 Å². The van der Waals surface area contributed by atoms with Crippen molar-refractivity contribution in [1.82, 2.24) is 5.32 Å². The van der Waals surface area contributed by atoms with E-state index in [0.29, 0.717) is 20.1 Å². The molecule has 0 aliphatic heterocycles. The lowest BCUT2D eigenvalue weighted by Gasteiger charge is -2.19. The van der Waals surface area contributed by atoms with Crippen molar-refractivity contribution < 1.29 is 0 Å². The third kappa shape index (κ3) is 3.36. The maximum Gasteiger partial charge on any atom is 0.0595 e. The fraction of sp³-hybridized carbons (Fsp3) is 0.143. The average Bonchev–Trinajstić information content (AvgIpc) is 2.37. The lowest BCUT2D eigenvalue weighted by molar-refractivity contribution is 0.692. The van der Waals surface area contributed by atoms with Crippen molar-refractivity contribution in [3.63, 3.8) is 0 Å². The molecule has 1 N–H and O–H groups in total. The zero-order chi connectivity index (χ0) is 14.0. The van der Waals surface area contributed by atoms with Gasteiger partial charge in [0.1, 0.15) is 0 Å². The van der Waals surface area contributed by atoms with Gasteiger partial charge in [0.2, 0.25) is 0 Å². The molecule has 0 saturated carbocycles. The maximum atomic E-state index is 6.24. The zero-order valence-electron chi connectivity index (χ0n) is 10.1. The first-order chi connectivity index (χ1) is 9.02. The molecule has 1 atom stereocenters. The summed E-state index contributed by atoms with van der Waals surface area (Å²) in [6.07, 6.45) is 0. The van der Waals surface area contributed by atoms with Gasteiger partial charge in [0.25, 0.3) is 0 Å². The van der Waals surface area contributed by atoms with Crippen LogP contribution in [0.5, 0.6) is 0 Å². The van der Waals surface area contributed by atoms with Crippen LogP contribution in [0.15, 0.2) is 36.4 Å². The quantitative estimate of drug-likeness (QED) is 0.769. The number of rotatable bonds is 3. The summed E-state index contributed by atoms with van der Waals surface area (Å²) in [5.74, 6) is 0. The van der Waals surface area contributed by atoms with Crippen LogP contribution in [0.25, 0.3) is 0 Å². The molecular formula is C14H11Cl4N. The number of hydrogen-bond acceptors (Lipinski definition) is 1. The van der Waals surface area contributed by atoms with Crippen molar-refractivity contribution in [2.75, 3.05) is 7.05 Å². The summed E-state index contributed by atoms with van der Waals surface area (Å²) in [6.45, 7) is 0. The SMILES string of the molecule is CNC(c1ccc(Cl)c(Cl)c1)c1ccc(Cl)cc1Cl. The Morgan fingerprint density at radius 1 is 0.842 bits per heavy atom. The summed E-state index contributed by atoms with van der Waals surface area (Å²) in [5, 5.41) is 5.48. The predicted molar refractivity (Wildman–Crippen MR) is 83.8 cm³/mol. The van der Waals surface area contributed by atoms with Gasteiger partial charge in [0.15, 0.2) is 0 Å². The molecule has 19 heavy (non-hydrogen) atoms. The monoisotopic (exact) mass is 333 g/mol. The molecule has 0 aliphatic rings. The lowest BCUT2D eigenvalue weighted by Crippen LogP contribution is -2.18. The van der Waals surface area contributed by atoms with Crippen molar-refractivity contribution >= 4 is 46.4 Å². The van der Waals surface area contributed by atoms with Gasteiger partial charge in [-0.05, 0) is 42.4 Å². The van der Waals surface area contributed by atoms with Crippen LogP contribution in [0, 0.1) is 0 Å². The third-order valence-electron chi connectivity index (χ3n) is 2.84. The minimum atomic E-state index is -0.0699. The Labute approximate surface area is 132 Å². The van der Waals surface area contributed by atoms with E-state index in [4.69, 9.17) is 46.4 Å². The topological polar surface area (TPSA) is 12.0 Å².